The van der Waals surface area contributed by atoms with Crippen molar-refractivity contribution in [3.63, 3.8) is 0 Å². The zero-order chi connectivity index (χ0) is 29.5. The van der Waals surface area contributed by atoms with E-state index in [4.69, 9.17) is 10.9 Å². The summed E-state index contributed by atoms with van der Waals surface area (Å²) in [6, 6.07) is 12.5. The number of hydrogen-bond donors (Lipinski definition) is 5. The fourth-order valence-electron chi connectivity index (χ4n) is 3.63. The minimum absolute atomic E-state index is 0.125. The summed E-state index contributed by atoms with van der Waals surface area (Å²) in [6.45, 7) is 1.84. The second-order valence-electron chi connectivity index (χ2n) is 8.57. The predicted octanol–water partition coefficient (Wildman–Crippen LogP) is 2.21. The third kappa shape index (κ3) is 7.72. The average Bonchev–Trinajstić information content (AvgIpc) is 3.35. The highest BCUT2D eigenvalue weighted by Gasteiger charge is 2.35. The van der Waals surface area contributed by atoms with Gasteiger partial charge in [0, 0.05) is 12.0 Å². The van der Waals surface area contributed by atoms with Crippen LogP contribution in [0.2, 0.25) is 0 Å². The summed E-state index contributed by atoms with van der Waals surface area (Å²) < 4.78 is 68.6. The van der Waals surface area contributed by atoms with Gasteiger partial charge in [0.1, 0.15) is 6.17 Å². The minimum atomic E-state index is -4.70. The lowest BCUT2D eigenvalue weighted by Gasteiger charge is -2.17. The van der Waals surface area contributed by atoms with Gasteiger partial charge in [-0.25, -0.2) is 17.8 Å². The van der Waals surface area contributed by atoms with E-state index in [1.54, 1.807) is 24.3 Å². The standard InChI is InChI=1S/C24H26F3N7O5S/c1-15-5-7-16(8-6-15)19-13-20(24(25,26)27)31-34(19)17-9-11-18(12-10-17)40(38,39)33-22(36)4-2-3-21(29-14-35)30-23(28)32-37/h5-14,21,37H,2-4H2,1H3,(H,29,35)(H,33,36)(H3,28,30,32). The molecule has 0 radical (unpaired) electrons. The van der Waals surface area contributed by atoms with Crippen molar-refractivity contribution in [3.8, 4) is 16.9 Å². The highest BCUT2D eigenvalue weighted by molar-refractivity contribution is 7.90. The van der Waals surface area contributed by atoms with Crippen LogP contribution < -0.4 is 21.1 Å². The van der Waals surface area contributed by atoms with Gasteiger partial charge >= 0.3 is 6.18 Å². The predicted molar refractivity (Wildman–Crippen MR) is 137 cm³/mol. The summed E-state index contributed by atoms with van der Waals surface area (Å²) in [5, 5.41) is 19.8. The van der Waals surface area contributed by atoms with Gasteiger partial charge in [-0.3, -0.25) is 9.59 Å². The highest BCUT2D eigenvalue weighted by atomic mass is 32.2. The number of nitrogens with one attached hydrogen (secondary N) is 3. The van der Waals surface area contributed by atoms with E-state index in [1.165, 1.54) is 12.1 Å². The van der Waals surface area contributed by atoms with E-state index in [2.05, 4.69) is 20.9 Å². The van der Waals surface area contributed by atoms with Crippen LogP contribution in [-0.4, -0.2) is 47.8 Å². The van der Waals surface area contributed by atoms with Crippen LogP contribution in [0.3, 0.4) is 0 Å². The van der Waals surface area contributed by atoms with E-state index in [0.717, 1.165) is 28.4 Å². The van der Waals surface area contributed by atoms with Crippen LogP contribution in [0.1, 0.15) is 30.5 Å². The van der Waals surface area contributed by atoms with Gasteiger partial charge in [0.2, 0.25) is 18.3 Å². The Morgan fingerprint density at radius 3 is 2.40 bits per heavy atom. The van der Waals surface area contributed by atoms with Crippen molar-refractivity contribution in [2.24, 2.45) is 10.9 Å². The molecule has 1 aromatic heterocycles. The molecular weight excluding hydrogens is 555 g/mol. The van der Waals surface area contributed by atoms with Crippen molar-refractivity contribution in [1.29, 1.82) is 0 Å². The van der Waals surface area contributed by atoms with Gasteiger partial charge in [-0.05, 0) is 50.1 Å². The molecule has 3 aromatic rings. The number of benzene rings is 2. The summed E-state index contributed by atoms with van der Waals surface area (Å²) in [5.74, 6) is -1.20. The smallest absolute Gasteiger partial charge is 0.408 e. The number of carbonyl (C=O) groups excluding carboxylic acids is 2. The molecule has 0 saturated heterocycles. The SMILES string of the molecule is Cc1ccc(-c2cc(C(F)(F)F)nn2-c2ccc(S(=O)(=O)NC(=O)CCCC(NC=O)NC(N)=NO)cc2)cc1. The van der Waals surface area contributed by atoms with Crippen LogP contribution in [0.15, 0.2) is 64.6 Å². The molecule has 0 aliphatic carbocycles. The number of nitrogens with zero attached hydrogens (tertiary/aromatic N) is 3. The Bertz CT molecular complexity index is 1470. The van der Waals surface area contributed by atoms with Crippen molar-refractivity contribution in [2.45, 2.75) is 43.4 Å². The Hall–Kier alpha value is -4.60. The zero-order valence-electron chi connectivity index (χ0n) is 21.0. The van der Waals surface area contributed by atoms with Crippen LogP contribution in [0.5, 0.6) is 0 Å². The molecule has 214 valence electrons. The maximum Gasteiger partial charge on any atom is 0.435 e. The zero-order valence-corrected chi connectivity index (χ0v) is 21.8. The molecule has 6 N–H and O–H groups in total. The first-order valence-corrected chi connectivity index (χ1v) is 13.2. The number of aryl methyl sites for hydroxylation is 1. The molecule has 2 aromatic carbocycles. The van der Waals surface area contributed by atoms with Gasteiger partial charge in [0.15, 0.2) is 5.69 Å². The monoisotopic (exact) mass is 581 g/mol. The van der Waals surface area contributed by atoms with E-state index in [9.17, 15) is 31.2 Å². The molecule has 2 amide bonds. The van der Waals surface area contributed by atoms with E-state index in [-0.39, 0.29) is 41.5 Å². The van der Waals surface area contributed by atoms with Gasteiger partial charge in [0.25, 0.3) is 10.0 Å². The normalized spacial score (nSPS) is 12.9. The number of hydrogen-bond acceptors (Lipinski definition) is 7. The second-order valence-corrected chi connectivity index (χ2v) is 10.3. The number of rotatable bonds is 11. The summed E-state index contributed by atoms with van der Waals surface area (Å²) in [7, 11) is -4.30. The van der Waals surface area contributed by atoms with Gasteiger partial charge < -0.3 is 21.6 Å². The Morgan fingerprint density at radius 1 is 1.18 bits per heavy atom. The number of sulfonamides is 1. The summed E-state index contributed by atoms with van der Waals surface area (Å²) >= 11 is 0. The first kappa shape index (κ1) is 29.9. The number of alkyl halides is 3. The number of guanidine groups is 1. The number of oxime groups is 1. The molecule has 1 atom stereocenters. The van der Waals surface area contributed by atoms with E-state index in [1.807, 2.05) is 11.6 Å². The van der Waals surface area contributed by atoms with Gasteiger partial charge in [-0.2, -0.15) is 18.3 Å². The molecule has 12 nitrogen and oxygen atoms in total. The van der Waals surface area contributed by atoms with Gasteiger partial charge in [-0.15, -0.1) is 0 Å². The molecule has 1 heterocycles. The number of amides is 2. The quantitative estimate of drug-likeness (QED) is 0.0571. The first-order valence-electron chi connectivity index (χ1n) is 11.7. The van der Waals surface area contributed by atoms with E-state index >= 15 is 0 Å². The maximum atomic E-state index is 13.4. The third-order valence-electron chi connectivity index (χ3n) is 5.58. The number of nitrogens with two attached hydrogens (primary N) is 1. The minimum Gasteiger partial charge on any atom is -0.408 e. The fourth-order valence-corrected chi connectivity index (χ4v) is 4.64. The largest absolute Gasteiger partial charge is 0.435 e. The lowest BCUT2D eigenvalue weighted by molar-refractivity contribution is -0.141. The van der Waals surface area contributed by atoms with Crippen molar-refractivity contribution >= 4 is 28.3 Å². The lowest BCUT2D eigenvalue weighted by atomic mass is 10.1. The summed E-state index contributed by atoms with van der Waals surface area (Å²) in [4.78, 5) is 22.6. The molecule has 0 fully saturated rings. The van der Waals surface area contributed by atoms with Crippen molar-refractivity contribution < 1.29 is 36.4 Å². The molecule has 0 aliphatic rings. The maximum absolute atomic E-state index is 13.4. The van der Waals surface area contributed by atoms with Gasteiger partial charge in [-0.1, -0.05) is 35.0 Å². The van der Waals surface area contributed by atoms with Crippen molar-refractivity contribution in [2.75, 3.05) is 0 Å². The second kappa shape index (κ2) is 12.5. The van der Waals surface area contributed by atoms with Crippen LogP contribution >= 0.6 is 0 Å². The summed E-state index contributed by atoms with van der Waals surface area (Å²) in [5.41, 5.74) is 5.91. The molecule has 16 heteroatoms. The molecule has 1 unspecified atom stereocenters. The number of carbonyl (C=O) groups is 2. The third-order valence-corrected chi connectivity index (χ3v) is 6.97. The Balaban J connectivity index is 1.74. The fraction of sp³-hybridized carbons (Fsp3) is 0.250. The lowest BCUT2D eigenvalue weighted by Crippen LogP contribution is -2.48. The van der Waals surface area contributed by atoms with E-state index in [0.29, 0.717) is 12.0 Å². The van der Waals surface area contributed by atoms with Gasteiger partial charge in [0.05, 0.1) is 16.3 Å². The van der Waals surface area contributed by atoms with Crippen LogP contribution in [0.25, 0.3) is 16.9 Å². The number of aromatic nitrogens is 2. The summed E-state index contributed by atoms with van der Waals surface area (Å²) in [6.07, 6.45) is -5.07. The number of halogens is 3. The Labute approximate surface area is 227 Å². The molecule has 40 heavy (non-hydrogen) atoms. The van der Waals surface area contributed by atoms with Crippen molar-refractivity contribution in [3.05, 3.63) is 65.9 Å². The molecule has 0 saturated carbocycles. The van der Waals surface area contributed by atoms with Crippen LogP contribution in [-0.2, 0) is 25.8 Å². The Kier molecular flexibility index (Phi) is 9.36. The molecular formula is C24H26F3N7O5S. The average molecular weight is 582 g/mol. The van der Waals surface area contributed by atoms with Crippen LogP contribution in [0, 0.1) is 6.92 Å². The van der Waals surface area contributed by atoms with E-state index < -0.39 is 34.0 Å². The Morgan fingerprint density at radius 2 is 1.82 bits per heavy atom. The molecule has 3 rings (SSSR count). The van der Waals surface area contributed by atoms with Crippen molar-refractivity contribution in [1.82, 2.24) is 25.1 Å². The molecule has 0 spiro atoms. The molecule has 0 bridgehead atoms. The highest BCUT2D eigenvalue weighted by Crippen LogP contribution is 2.33. The molecule has 0 aliphatic heterocycles. The van der Waals surface area contributed by atoms with Crippen LogP contribution in [0.4, 0.5) is 13.2 Å². The first-order chi connectivity index (χ1) is 18.8. The topological polar surface area (TPSA) is 181 Å².